The molecule has 0 aromatic heterocycles. The van der Waals surface area contributed by atoms with Crippen molar-refractivity contribution in [2.24, 2.45) is 0 Å². The van der Waals surface area contributed by atoms with Crippen molar-refractivity contribution in [3.05, 3.63) is 24.3 Å². The Morgan fingerprint density at radius 2 is 1.12 bits per heavy atom. The van der Waals surface area contributed by atoms with Gasteiger partial charge in [0.15, 0.2) is 0 Å². The van der Waals surface area contributed by atoms with E-state index in [4.69, 9.17) is 14.6 Å². The summed E-state index contributed by atoms with van der Waals surface area (Å²) in [6.45, 7) is 0.750. The van der Waals surface area contributed by atoms with Gasteiger partial charge in [-0.2, -0.15) is 0 Å². The number of aliphatic hydroxyl groups excluding tert-OH is 1. The zero-order valence-corrected chi connectivity index (χ0v) is 14.7. The molecule has 146 valence electrons. The summed E-state index contributed by atoms with van der Waals surface area (Å²) >= 11 is 0. The monoisotopic (exact) mass is 373 g/mol. The molecule has 0 radical (unpaired) electrons. The van der Waals surface area contributed by atoms with Crippen LogP contribution in [0.15, 0.2) is 24.3 Å². The molecule has 0 aliphatic carbocycles. The molecule has 0 unspecified atom stereocenters. The first-order valence-electron chi connectivity index (χ1n) is 7.61. The second kappa shape index (κ2) is 14.6. The molecule has 0 spiro atoms. The van der Waals surface area contributed by atoms with Crippen molar-refractivity contribution in [2.45, 2.75) is 0 Å². The van der Waals surface area contributed by atoms with Gasteiger partial charge in [-0.3, -0.25) is 4.90 Å². The van der Waals surface area contributed by atoms with Gasteiger partial charge in [-0.15, -0.1) is 0 Å². The molecule has 26 heavy (non-hydrogen) atoms. The topological polar surface area (TPSA) is 129 Å². The van der Waals surface area contributed by atoms with E-state index in [1.54, 1.807) is 4.90 Å². The van der Waals surface area contributed by atoms with Gasteiger partial charge in [0.2, 0.25) is 0 Å². The molecule has 0 aromatic rings. The number of carbonyl (C=O) groups is 4. The fourth-order valence-electron chi connectivity index (χ4n) is 1.53. The molecular weight excluding hydrogens is 350 g/mol. The number of nitrogens with zero attached hydrogens (tertiary/aromatic N) is 1. The zero-order chi connectivity index (χ0) is 19.8. The Balaban J connectivity index is 4.13. The van der Waals surface area contributed by atoms with E-state index in [0.717, 1.165) is 24.3 Å². The first kappa shape index (κ1) is 23.3. The van der Waals surface area contributed by atoms with E-state index >= 15 is 0 Å². The van der Waals surface area contributed by atoms with Crippen molar-refractivity contribution in [1.82, 2.24) is 4.90 Å². The van der Waals surface area contributed by atoms with Gasteiger partial charge in [-0.25, -0.2) is 19.2 Å². The number of hydrogen-bond acceptors (Lipinski definition) is 10. The SMILES string of the molecule is COC(=O)C=CC(=O)OCCN(CCO)CCOC(=O)C=CC(=O)OC. The number of aliphatic hydroxyl groups is 1. The zero-order valence-electron chi connectivity index (χ0n) is 14.7. The van der Waals surface area contributed by atoms with Gasteiger partial charge in [0, 0.05) is 43.9 Å². The normalized spacial score (nSPS) is 10.9. The Kier molecular flexibility index (Phi) is 13.1. The highest BCUT2D eigenvalue weighted by molar-refractivity contribution is 5.92. The molecule has 0 aliphatic rings. The van der Waals surface area contributed by atoms with E-state index in [9.17, 15) is 19.2 Å². The first-order chi connectivity index (χ1) is 12.4. The van der Waals surface area contributed by atoms with Crippen molar-refractivity contribution in [3.63, 3.8) is 0 Å². The van der Waals surface area contributed by atoms with Crippen molar-refractivity contribution in [2.75, 3.05) is 53.7 Å². The number of hydrogen-bond donors (Lipinski definition) is 1. The molecule has 10 heteroatoms. The van der Waals surface area contributed by atoms with Gasteiger partial charge in [0.1, 0.15) is 13.2 Å². The van der Waals surface area contributed by atoms with Crippen LogP contribution >= 0.6 is 0 Å². The van der Waals surface area contributed by atoms with Crippen molar-refractivity contribution in [1.29, 1.82) is 0 Å². The Hall–Kier alpha value is -2.72. The third-order valence-corrected chi connectivity index (χ3v) is 2.83. The highest BCUT2D eigenvalue weighted by atomic mass is 16.5. The van der Waals surface area contributed by atoms with Crippen LogP contribution in [0.4, 0.5) is 0 Å². The molecule has 0 fully saturated rings. The highest BCUT2D eigenvalue weighted by Gasteiger charge is 2.08. The third-order valence-electron chi connectivity index (χ3n) is 2.83. The molecule has 0 rings (SSSR count). The van der Waals surface area contributed by atoms with Gasteiger partial charge >= 0.3 is 23.9 Å². The second-order valence-corrected chi connectivity index (χ2v) is 4.61. The maximum absolute atomic E-state index is 11.4. The first-order valence-corrected chi connectivity index (χ1v) is 7.61. The quantitative estimate of drug-likeness (QED) is 0.254. The summed E-state index contributed by atoms with van der Waals surface area (Å²) in [6, 6.07) is 0. The molecule has 0 bridgehead atoms. The minimum Gasteiger partial charge on any atom is -0.466 e. The summed E-state index contributed by atoms with van der Waals surface area (Å²) in [7, 11) is 2.37. The van der Waals surface area contributed by atoms with Crippen LogP contribution < -0.4 is 0 Å². The van der Waals surface area contributed by atoms with Crippen LogP contribution in [-0.4, -0.2) is 87.6 Å². The van der Waals surface area contributed by atoms with Crippen LogP contribution in [0.3, 0.4) is 0 Å². The lowest BCUT2D eigenvalue weighted by atomic mass is 10.4. The highest BCUT2D eigenvalue weighted by Crippen LogP contribution is 1.92. The van der Waals surface area contributed by atoms with E-state index < -0.39 is 23.9 Å². The molecule has 0 saturated heterocycles. The van der Waals surface area contributed by atoms with Crippen LogP contribution in [0.5, 0.6) is 0 Å². The Morgan fingerprint density at radius 1 is 0.731 bits per heavy atom. The smallest absolute Gasteiger partial charge is 0.331 e. The average Bonchev–Trinajstić information content (AvgIpc) is 2.63. The summed E-state index contributed by atoms with van der Waals surface area (Å²) in [6.07, 6.45) is 3.76. The summed E-state index contributed by atoms with van der Waals surface area (Å²) in [5.41, 5.74) is 0. The number of esters is 4. The van der Waals surface area contributed by atoms with Crippen LogP contribution in [0.2, 0.25) is 0 Å². The molecule has 0 amide bonds. The van der Waals surface area contributed by atoms with Gasteiger partial charge in [-0.05, 0) is 0 Å². The number of carbonyl (C=O) groups excluding carboxylic acids is 4. The minimum atomic E-state index is -0.710. The fourth-order valence-corrected chi connectivity index (χ4v) is 1.53. The summed E-state index contributed by atoms with van der Waals surface area (Å²) in [5.74, 6) is -2.77. The van der Waals surface area contributed by atoms with Crippen molar-refractivity contribution in [3.8, 4) is 0 Å². The van der Waals surface area contributed by atoms with E-state index in [1.807, 2.05) is 0 Å². The number of ether oxygens (including phenoxy) is 4. The second-order valence-electron chi connectivity index (χ2n) is 4.61. The summed E-state index contributed by atoms with van der Waals surface area (Å²) in [4.78, 5) is 46.1. The minimum absolute atomic E-state index is 0.0144. The van der Waals surface area contributed by atoms with Crippen LogP contribution in [0, 0.1) is 0 Å². The maximum atomic E-state index is 11.4. The molecule has 0 saturated carbocycles. The molecule has 1 N–H and O–H groups in total. The van der Waals surface area contributed by atoms with Crippen LogP contribution in [0.1, 0.15) is 0 Å². The molecule has 10 nitrogen and oxygen atoms in total. The predicted molar refractivity (Wildman–Crippen MR) is 87.8 cm³/mol. The lowest BCUT2D eigenvalue weighted by Crippen LogP contribution is -2.34. The fraction of sp³-hybridized carbons (Fsp3) is 0.500. The van der Waals surface area contributed by atoms with Crippen molar-refractivity contribution >= 4 is 23.9 Å². The molecule has 0 aromatic carbocycles. The standard InChI is InChI=1S/C16H23NO9/c1-23-13(19)3-5-15(21)25-11-8-17(7-10-18)9-12-26-16(22)6-4-14(20)24-2/h3-6,18H,7-12H2,1-2H3. The molecule has 0 atom stereocenters. The van der Waals surface area contributed by atoms with Gasteiger partial charge in [0.25, 0.3) is 0 Å². The summed E-state index contributed by atoms with van der Waals surface area (Å²) < 4.78 is 18.5. The predicted octanol–water partition coefficient (Wildman–Crippen LogP) is -1.17. The Labute approximate surface area is 150 Å². The lowest BCUT2D eigenvalue weighted by molar-refractivity contribution is -0.140. The molecular formula is C16H23NO9. The lowest BCUT2D eigenvalue weighted by Gasteiger charge is -2.20. The average molecular weight is 373 g/mol. The van der Waals surface area contributed by atoms with Gasteiger partial charge < -0.3 is 24.1 Å². The van der Waals surface area contributed by atoms with Gasteiger partial charge in [0.05, 0.1) is 20.8 Å². The van der Waals surface area contributed by atoms with E-state index in [-0.39, 0.29) is 39.5 Å². The van der Waals surface area contributed by atoms with E-state index in [0.29, 0.717) is 0 Å². The molecule has 0 aliphatic heterocycles. The largest absolute Gasteiger partial charge is 0.466 e. The number of rotatable bonds is 12. The van der Waals surface area contributed by atoms with Crippen LogP contribution in [0.25, 0.3) is 0 Å². The van der Waals surface area contributed by atoms with E-state index in [2.05, 4.69) is 9.47 Å². The van der Waals surface area contributed by atoms with Gasteiger partial charge in [-0.1, -0.05) is 0 Å². The van der Waals surface area contributed by atoms with Crippen molar-refractivity contribution < 1.29 is 43.2 Å². The Morgan fingerprint density at radius 3 is 1.46 bits per heavy atom. The maximum Gasteiger partial charge on any atom is 0.331 e. The third kappa shape index (κ3) is 12.7. The number of methoxy groups -OCH3 is 2. The van der Waals surface area contributed by atoms with Crippen LogP contribution in [-0.2, 0) is 38.1 Å². The summed E-state index contributed by atoms with van der Waals surface area (Å²) in [5, 5.41) is 9.02. The van der Waals surface area contributed by atoms with E-state index in [1.165, 1.54) is 14.2 Å². The molecule has 0 heterocycles. The Bertz CT molecular complexity index is 484.